The van der Waals surface area contributed by atoms with Crippen LogP contribution in [0.2, 0.25) is 0 Å². The molecule has 0 spiro atoms. The molecule has 3 N–H and O–H groups in total. The van der Waals surface area contributed by atoms with E-state index in [9.17, 15) is 4.79 Å². The first-order chi connectivity index (χ1) is 14.1. The zero-order valence-electron chi connectivity index (χ0n) is 17.1. The van der Waals surface area contributed by atoms with E-state index in [1.807, 2.05) is 23.1 Å². The minimum atomic E-state index is -0.268. The lowest BCUT2D eigenvalue weighted by molar-refractivity contribution is -0.117. The summed E-state index contributed by atoms with van der Waals surface area (Å²) < 4.78 is 10.6. The van der Waals surface area contributed by atoms with Crippen molar-refractivity contribution in [1.82, 2.24) is 10.9 Å². The first-order valence-electron chi connectivity index (χ1n) is 9.96. The van der Waals surface area contributed by atoms with Crippen molar-refractivity contribution in [3.63, 3.8) is 0 Å². The molecular weight excluding hydrogens is 368 g/mol. The molecule has 0 saturated carbocycles. The normalized spacial score (nSPS) is 19.6. The van der Waals surface area contributed by atoms with Gasteiger partial charge >= 0.3 is 0 Å². The van der Waals surface area contributed by atoms with Gasteiger partial charge in [-0.1, -0.05) is 6.07 Å². The Bertz CT molecular complexity index is 873. The van der Waals surface area contributed by atoms with Crippen LogP contribution in [0.5, 0.6) is 11.5 Å². The lowest BCUT2D eigenvalue weighted by Gasteiger charge is -2.20. The second kappa shape index (κ2) is 8.31. The van der Waals surface area contributed by atoms with Gasteiger partial charge in [0.2, 0.25) is 5.91 Å². The molecule has 7 heteroatoms. The van der Waals surface area contributed by atoms with Crippen molar-refractivity contribution in [3.05, 3.63) is 47.5 Å². The molecule has 2 aromatic carbocycles. The van der Waals surface area contributed by atoms with Crippen molar-refractivity contribution in [1.29, 1.82) is 0 Å². The van der Waals surface area contributed by atoms with Crippen LogP contribution in [-0.2, 0) is 4.79 Å². The van der Waals surface area contributed by atoms with Crippen LogP contribution < -0.4 is 30.5 Å². The number of rotatable bonds is 6. The van der Waals surface area contributed by atoms with Gasteiger partial charge in [0.05, 0.1) is 14.2 Å². The number of hydrazine groups is 1. The van der Waals surface area contributed by atoms with E-state index in [0.717, 1.165) is 30.9 Å². The molecule has 2 fully saturated rings. The second-order valence-electron chi connectivity index (χ2n) is 7.58. The van der Waals surface area contributed by atoms with Crippen molar-refractivity contribution >= 4 is 17.3 Å². The Morgan fingerprint density at radius 1 is 1.03 bits per heavy atom. The van der Waals surface area contributed by atoms with Gasteiger partial charge in [0.15, 0.2) is 0 Å². The fraction of sp³-hybridized carbons (Fsp3) is 0.409. The van der Waals surface area contributed by atoms with Crippen LogP contribution in [0.1, 0.15) is 23.5 Å². The summed E-state index contributed by atoms with van der Waals surface area (Å²) in [5, 5.41) is 3.34. The third-order valence-electron chi connectivity index (χ3n) is 5.72. The monoisotopic (exact) mass is 396 g/mol. The van der Waals surface area contributed by atoms with Crippen LogP contribution >= 0.6 is 0 Å². The van der Waals surface area contributed by atoms with Gasteiger partial charge in [-0.25, -0.2) is 0 Å². The summed E-state index contributed by atoms with van der Waals surface area (Å²) in [7, 11) is 3.23. The Balaban J connectivity index is 1.48. The van der Waals surface area contributed by atoms with Crippen molar-refractivity contribution in [2.75, 3.05) is 44.1 Å². The first kappa shape index (κ1) is 19.5. The lowest BCUT2D eigenvalue weighted by atomic mass is 9.95. The maximum Gasteiger partial charge on any atom is 0.249 e. The van der Waals surface area contributed by atoms with Gasteiger partial charge in [-0.15, -0.1) is 0 Å². The summed E-state index contributed by atoms with van der Waals surface area (Å²) >= 11 is 0. The largest absolute Gasteiger partial charge is 0.497 e. The van der Waals surface area contributed by atoms with Crippen molar-refractivity contribution in [2.24, 2.45) is 0 Å². The van der Waals surface area contributed by atoms with Crippen LogP contribution in [0.25, 0.3) is 0 Å². The minimum absolute atomic E-state index is 0.0862. The predicted octanol–water partition coefficient (Wildman–Crippen LogP) is 2.42. The van der Waals surface area contributed by atoms with Gasteiger partial charge in [0.25, 0.3) is 0 Å². The molecule has 0 radical (unpaired) electrons. The second-order valence-corrected chi connectivity index (χ2v) is 7.58. The molecule has 0 aromatic heterocycles. The number of hydrogen-bond acceptors (Lipinski definition) is 6. The molecule has 2 saturated heterocycles. The maximum absolute atomic E-state index is 13.1. The smallest absolute Gasteiger partial charge is 0.249 e. The highest BCUT2D eigenvalue weighted by atomic mass is 16.5. The number of nitrogens with one attached hydrogen (secondary N) is 3. The highest BCUT2D eigenvalue weighted by Crippen LogP contribution is 2.31. The molecule has 0 aliphatic carbocycles. The van der Waals surface area contributed by atoms with E-state index < -0.39 is 0 Å². The SMILES string of the molecule is COc1cc(NC2CCN(c3ccc(C4CNNC4)c(C)c3)C2=O)cc(OC)c1. The van der Waals surface area contributed by atoms with Gasteiger partial charge in [-0.05, 0) is 36.6 Å². The number of nitrogens with zero attached hydrogens (tertiary/aromatic N) is 1. The Kier molecular flexibility index (Phi) is 5.60. The number of benzene rings is 2. The number of hydrogen-bond donors (Lipinski definition) is 3. The van der Waals surface area contributed by atoms with E-state index in [2.05, 4.69) is 41.3 Å². The maximum atomic E-state index is 13.1. The van der Waals surface area contributed by atoms with Gasteiger partial charge < -0.3 is 19.7 Å². The summed E-state index contributed by atoms with van der Waals surface area (Å²) in [6, 6.07) is 11.6. The van der Waals surface area contributed by atoms with Gasteiger partial charge in [0.1, 0.15) is 17.5 Å². The van der Waals surface area contributed by atoms with Crippen molar-refractivity contribution in [3.8, 4) is 11.5 Å². The average molecular weight is 396 g/mol. The van der Waals surface area contributed by atoms with Gasteiger partial charge in [-0.3, -0.25) is 15.6 Å². The van der Waals surface area contributed by atoms with Crippen LogP contribution in [-0.4, -0.2) is 45.8 Å². The molecular formula is C22H28N4O3. The van der Waals surface area contributed by atoms with E-state index in [0.29, 0.717) is 24.0 Å². The van der Waals surface area contributed by atoms with Crippen molar-refractivity contribution < 1.29 is 14.3 Å². The standard InChI is InChI=1S/C22H28N4O3/c1-14-8-17(4-5-20(14)15-12-23-24-13-15)26-7-6-21(22(26)27)25-16-9-18(28-2)11-19(10-16)29-3/h4-5,8-11,15,21,23-25H,6-7,12-13H2,1-3H3. The molecule has 1 amide bonds. The molecule has 2 aliphatic rings. The summed E-state index contributed by atoms with van der Waals surface area (Å²) in [4.78, 5) is 14.9. The zero-order valence-corrected chi connectivity index (χ0v) is 17.1. The summed E-state index contributed by atoms with van der Waals surface area (Å²) in [6.07, 6.45) is 0.746. The molecule has 2 aromatic rings. The Morgan fingerprint density at radius 2 is 1.72 bits per heavy atom. The lowest BCUT2D eigenvalue weighted by Crippen LogP contribution is -2.33. The molecule has 4 rings (SSSR count). The van der Waals surface area contributed by atoms with Crippen molar-refractivity contribution in [2.45, 2.75) is 25.3 Å². The quantitative estimate of drug-likeness (QED) is 0.696. The Labute approximate surface area is 171 Å². The molecule has 7 nitrogen and oxygen atoms in total. The molecule has 1 atom stereocenters. The van der Waals surface area contributed by atoms with E-state index >= 15 is 0 Å². The number of aryl methyl sites for hydroxylation is 1. The Morgan fingerprint density at radius 3 is 2.34 bits per heavy atom. The fourth-order valence-electron chi connectivity index (χ4n) is 4.13. The highest BCUT2D eigenvalue weighted by Gasteiger charge is 2.33. The number of methoxy groups -OCH3 is 2. The zero-order chi connectivity index (χ0) is 20.4. The molecule has 2 aliphatic heterocycles. The van der Waals surface area contributed by atoms with E-state index in [4.69, 9.17) is 9.47 Å². The van der Waals surface area contributed by atoms with Crippen LogP contribution in [0.15, 0.2) is 36.4 Å². The summed E-state index contributed by atoms with van der Waals surface area (Å²) in [5.74, 6) is 1.94. The Hall–Kier alpha value is -2.77. The third kappa shape index (κ3) is 4.02. The molecule has 1 unspecified atom stereocenters. The van der Waals surface area contributed by atoms with Gasteiger partial charge in [-0.2, -0.15) is 0 Å². The van der Waals surface area contributed by atoms with Crippen LogP contribution in [0.4, 0.5) is 11.4 Å². The molecule has 29 heavy (non-hydrogen) atoms. The topological polar surface area (TPSA) is 74.9 Å². The summed E-state index contributed by atoms with van der Waals surface area (Å²) in [6.45, 7) is 4.68. The number of ether oxygens (including phenoxy) is 2. The third-order valence-corrected chi connectivity index (χ3v) is 5.72. The molecule has 154 valence electrons. The summed E-state index contributed by atoms with van der Waals surface area (Å²) in [5.41, 5.74) is 10.7. The van der Waals surface area contributed by atoms with E-state index in [1.54, 1.807) is 14.2 Å². The van der Waals surface area contributed by atoms with Gasteiger partial charge in [0, 0.05) is 55.1 Å². The van der Waals surface area contributed by atoms with Crippen LogP contribution in [0, 0.1) is 6.92 Å². The molecule has 0 bridgehead atoms. The minimum Gasteiger partial charge on any atom is -0.497 e. The van der Waals surface area contributed by atoms with Crippen LogP contribution in [0.3, 0.4) is 0 Å². The number of carbonyl (C=O) groups is 1. The van der Waals surface area contributed by atoms with E-state index in [1.165, 1.54) is 11.1 Å². The first-order valence-corrected chi connectivity index (χ1v) is 9.96. The molecule has 2 heterocycles. The number of amides is 1. The predicted molar refractivity (Wildman–Crippen MR) is 114 cm³/mol. The average Bonchev–Trinajstić information content (AvgIpc) is 3.38. The van der Waals surface area contributed by atoms with E-state index in [-0.39, 0.29) is 11.9 Å². The fourth-order valence-corrected chi connectivity index (χ4v) is 4.13. The number of anilines is 2. The number of carbonyl (C=O) groups excluding carboxylic acids is 1. The highest BCUT2D eigenvalue weighted by molar-refractivity contribution is 6.01.